The van der Waals surface area contributed by atoms with Crippen LogP contribution in [0.2, 0.25) is 0 Å². The zero-order valence-electron chi connectivity index (χ0n) is 15.7. The Morgan fingerprint density at radius 2 is 2.04 bits per heavy atom. The van der Waals surface area contributed by atoms with Crippen LogP contribution in [-0.2, 0) is 11.3 Å². The second kappa shape index (κ2) is 7.75. The van der Waals surface area contributed by atoms with E-state index in [1.54, 1.807) is 30.7 Å². The van der Waals surface area contributed by atoms with Crippen molar-refractivity contribution in [1.29, 1.82) is 0 Å². The van der Waals surface area contributed by atoms with Crippen molar-refractivity contribution >= 4 is 22.8 Å². The lowest BCUT2D eigenvalue weighted by Crippen LogP contribution is -2.28. The third-order valence-corrected chi connectivity index (χ3v) is 5.02. The van der Waals surface area contributed by atoms with Crippen molar-refractivity contribution in [3.05, 3.63) is 54.1 Å². The summed E-state index contributed by atoms with van der Waals surface area (Å²) in [6, 6.07) is 7.41. The fraction of sp³-hybridized carbons (Fsp3) is 0.350. The molecule has 0 bridgehead atoms. The first kappa shape index (κ1) is 18.1. The Morgan fingerprint density at radius 3 is 2.82 bits per heavy atom. The number of hydrogen-bond acceptors (Lipinski definition) is 5. The van der Waals surface area contributed by atoms with Crippen molar-refractivity contribution in [1.82, 2.24) is 30.0 Å². The van der Waals surface area contributed by atoms with Gasteiger partial charge in [-0.15, -0.1) is 0 Å². The summed E-state index contributed by atoms with van der Waals surface area (Å²) < 4.78 is 1.84. The molecule has 1 atom stereocenters. The predicted molar refractivity (Wildman–Crippen MR) is 104 cm³/mol. The molecule has 1 saturated heterocycles. The Labute approximate surface area is 162 Å². The van der Waals surface area contributed by atoms with E-state index in [0.717, 1.165) is 23.1 Å². The molecule has 0 spiro atoms. The number of rotatable bonds is 5. The molecule has 1 aliphatic rings. The molecule has 28 heavy (non-hydrogen) atoms. The molecule has 0 radical (unpaired) electrons. The Balaban J connectivity index is 1.54. The first-order valence-electron chi connectivity index (χ1n) is 9.38. The zero-order valence-corrected chi connectivity index (χ0v) is 15.7. The van der Waals surface area contributed by atoms with Crippen molar-refractivity contribution in [3.63, 3.8) is 0 Å². The molecule has 4 rings (SSSR count). The van der Waals surface area contributed by atoms with E-state index in [-0.39, 0.29) is 17.7 Å². The van der Waals surface area contributed by atoms with E-state index in [4.69, 9.17) is 5.10 Å². The highest BCUT2D eigenvalue weighted by Crippen LogP contribution is 2.31. The van der Waals surface area contributed by atoms with Crippen LogP contribution in [-0.4, -0.2) is 56.1 Å². The van der Waals surface area contributed by atoms with Crippen LogP contribution in [0, 0.1) is 0 Å². The van der Waals surface area contributed by atoms with Gasteiger partial charge in [-0.3, -0.25) is 14.6 Å². The third-order valence-electron chi connectivity index (χ3n) is 5.02. The lowest BCUT2D eigenvalue weighted by Gasteiger charge is -2.16. The smallest absolute Gasteiger partial charge is 0.253 e. The molecule has 3 aromatic heterocycles. The molecule has 0 aromatic carbocycles. The molecule has 3 aromatic rings. The maximum Gasteiger partial charge on any atom is 0.253 e. The molecule has 1 N–H and O–H groups in total. The molecule has 1 fully saturated rings. The maximum absolute atomic E-state index is 12.7. The van der Waals surface area contributed by atoms with Crippen molar-refractivity contribution in [2.24, 2.45) is 0 Å². The van der Waals surface area contributed by atoms with E-state index >= 15 is 0 Å². The summed E-state index contributed by atoms with van der Waals surface area (Å²) in [6.45, 7) is 3.89. The number of carbonyl (C=O) groups is 2. The Hall–Kier alpha value is -3.29. The number of hydrogen-bond donors (Lipinski definition) is 1. The van der Waals surface area contributed by atoms with Crippen LogP contribution in [0.4, 0.5) is 0 Å². The van der Waals surface area contributed by atoms with Crippen LogP contribution >= 0.6 is 0 Å². The fourth-order valence-electron chi connectivity index (χ4n) is 3.67. The van der Waals surface area contributed by atoms with Crippen molar-refractivity contribution in [2.75, 3.05) is 19.6 Å². The average Bonchev–Trinajstić information content (AvgIpc) is 3.33. The molecule has 2 amide bonds. The quantitative estimate of drug-likeness (QED) is 0.728. The summed E-state index contributed by atoms with van der Waals surface area (Å²) in [5.74, 6) is 0.127. The van der Waals surface area contributed by atoms with Crippen molar-refractivity contribution in [2.45, 2.75) is 25.8 Å². The Kier molecular flexibility index (Phi) is 5.01. The summed E-state index contributed by atoms with van der Waals surface area (Å²) in [6.07, 6.45) is 5.88. The highest BCUT2D eigenvalue weighted by atomic mass is 16.2. The minimum absolute atomic E-state index is 0.0254. The highest BCUT2D eigenvalue weighted by molar-refractivity contribution is 5.94. The van der Waals surface area contributed by atoms with E-state index < -0.39 is 0 Å². The van der Waals surface area contributed by atoms with Crippen molar-refractivity contribution in [3.8, 4) is 0 Å². The van der Waals surface area contributed by atoms with E-state index in [0.29, 0.717) is 31.7 Å². The van der Waals surface area contributed by atoms with E-state index in [2.05, 4.69) is 15.3 Å². The number of nitrogens with one attached hydrogen (secondary N) is 1. The van der Waals surface area contributed by atoms with Gasteiger partial charge in [-0.05, 0) is 30.7 Å². The van der Waals surface area contributed by atoms with Gasteiger partial charge in [-0.2, -0.15) is 5.10 Å². The minimum atomic E-state index is -0.0642. The Bertz CT molecular complexity index is 1000. The van der Waals surface area contributed by atoms with Gasteiger partial charge in [0.1, 0.15) is 0 Å². The van der Waals surface area contributed by atoms with Gasteiger partial charge in [0.2, 0.25) is 5.91 Å². The molecule has 1 unspecified atom stereocenters. The number of aromatic nitrogens is 4. The van der Waals surface area contributed by atoms with Crippen LogP contribution in [0.3, 0.4) is 0 Å². The molecular formula is C20H22N6O2. The normalized spacial score (nSPS) is 16.5. The SMILES string of the molecule is CC(=O)NCCn1nc(C2CCN(C(=O)c3ccncc3)C2)c2cccnc21. The van der Waals surface area contributed by atoms with Crippen LogP contribution in [0.1, 0.15) is 35.3 Å². The predicted octanol–water partition coefficient (Wildman–Crippen LogP) is 1.59. The summed E-state index contributed by atoms with van der Waals surface area (Å²) in [5, 5.41) is 8.59. The number of fused-ring (bicyclic) bond motifs is 1. The molecular weight excluding hydrogens is 356 g/mol. The number of amides is 2. The first-order valence-corrected chi connectivity index (χ1v) is 9.38. The maximum atomic E-state index is 12.7. The number of carbonyl (C=O) groups excluding carboxylic acids is 2. The molecule has 8 nitrogen and oxygen atoms in total. The van der Waals surface area contributed by atoms with Gasteiger partial charge in [0.25, 0.3) is 5.91 Å². The van der Waals surface area contributed by atoms with Crippen LogP contribution in [0.15, 0.2) is 42.9 Å². The van der Waals surface area contributed by atoms with E-state index in [1.165, 1.54) is 6.92 Å². The summed E-state index contributed by atoms with van der Waals surface area (Å²) in [4.78, 5) is 34.2. The number of pyridine rings is 2. The molecule has 4 heterocycles. The van der Waals surface area contributed by atoms with Crippen LogP contribution in [0.5, 0.6) is 0 Å². The van der Waals surface area contributed by atoms with Gasteiger partial charge in [-0.1, -0.05) is 0 Å². The van der Waals surface area contributed by atoms with Gasteiger partial charge in [0.05, 0.1) is 12.2 Å². The Morgan fingerprint density at radius 1 is 1.21 bits per heavy atom. The largest absolute Gasteiger partial charge is 0.354 e. The lowest BCUT2D eigenvalue weighted by molar-refractivity contribution is -0.118. The standard InChI is InChI=1S/C20H22N6O2/c1-14(27)22-10-12-26-19-17(3-2-7-23-19)18(24-26)16-6-11-25(13-16)20(28)15-4-8-21-9-5-15/h2-5,7-9,16H,6,10-13H2,1H3,(H,22,27). The number of nitrogens with zero attached hydrogens (tertiary/aromatic N) is 5. The summed E-state index contributed by atoms with van der Waals surface area (Å²) >= 11 is 0. The molecule has 0 saturated carbocycles. The monoisotopic (exact) mass is 378 g/mol. The zero-order chi connectivity index (χ0) is 19.5. The second-order valence-corrected chi connectivity index (χ2v) is 6.94. The first-order chi connectivity index (χ1) is 13.6. The van der Waals surface area contributed by atoms with Gasteiger partial charge >= 0.3 is 0 Å². The fourth-order valence-corrected chi connectivity index (χ4v) is 3.67. The van der Waals surface area contributed by atoms with Gasteiger partial charge in [0, 0.05) is 62.0 Å². The molecule has 8 heteroatoms. The van der Waals surface area contributed by atoms with Crippen LogP contribution in [0.25, 0.3) is 11.0 Å². The average molecular weight is 378 g/mol. The van der Waals surface area contributed by atoms with Crippen LogP contribution < -0.4 is 5.32 Å². The van der Waals surface area contributed by atoms with Crippen molar-refractivity contribution < 1.29 is 9.59 Å². The van der Waals surface area contributed by atoms with Gasteiger partial charge < -0.3 is 10.2 Å². The number of likely N-dealkylation sites (tertiary alicyclic amines) is 1. The summed E-state index contributed by atoms with van der Waals surface area (Å²) in [5.41, 5.74) is 2.43. The van der Waals surface area contributed by atoms with Gasteiger partial charge in [0.15, 0.2) is 5.65 Å². The highest BCUT2D eigenvalue weighted by Gasteiger charge is 2.31. The van der Waals surface area contributed by atoms with E-state index in [9.17, 15) is 9.59 Å². The third kappa shape index (κ3) is 3.58. The molecule has 1 aliphatic heterocycles. The minimum Gasteiger partial charge on any atom is -0.354 e. The second-order valence-electron chi connectivity index (χ2n) is 6.94. The van der Waals surface area contributed by atoms with E-state index in [1.807, 2.05) is 21.7 Å². The summed E-state index contributed by atoms with van der Waals surface area (Å²) in [7, 11) is 0. The topological polar surface area (TPSA) is 93.0 Å². The molecule has 144 valence electrons. The van der Waals surface area contributed by atoms with Gasteiger partial charge in [-0.25, -0.2) is 9.67 Å². The molecule has 0 aliphatic carbocycles. The lowest BCUT2D eigenvalue weighted by atomic mass is 10.0.